The van der Waals surface area contributed by atoms with Crippen molar-refractivity contribution < 1.29 is 19.0 Å². The Morgan fingerprint density at radius 2 is 1.81 bits per heavy atom. The first-order valence-electron chi connectivity index (χ1n) is 14.9. The summed E-state index contributed by atoms with van der Waals surface area (Å²) in [6, 6.07) is 12.7. The van der Waals surface area contributed by atoms with Crippen LogP contribution < -0.4 is 24.8 Å². The molecule has 0 saturated carbocycles. The molecule has 42 heavy (non-hydrogen) atoms. The Bertz CT molecular complexity index is 1370. The Hall–Kier alpha value is -3.66. The Kier molecular flexibility index (Phi) is 11.6. The van der Waals surface area contributed by atoms with E-state index >= 15 is 0 Å². The van der Waals surface area contributed by atoms with Crippen molar-refractivity contribution in [2.75, 3.05) is 36.7 Å². The van der Waals surface area contributed by atoms with Crippen LogP contribution in [0.15, 0.2) is 58.9 Å². The lowest BCUT2D eigenvalue weighted by Gasteiger charge is -2.29. The molecule has 1 aromatic heterocycles. The van der Waals surface area contributed by atoms with Crippen LogP contribution >= 0.6 is 11.8 Å². The topological polar surface area (TPSA) is 99.5 Å². The van der Waals surface area contributed by atoms with Gasteiger partial charge in [-0.3, -0.25) is 4.79 Å². The fraction of sp³-hybridized carbons (Fsp3) is 0.469. The number of nitrogens with zero attached hydrogens (tertiary/aromatic N) is 3. The molecule has 1 aliphatic heterocycles. The van der Waals surface area contributed by atoms with Gasteiger partial charge in [-0.05, 0) is 56.5 Å². The Morgan fingerprint density at radius 3 is 2.57 bits per heavy atom. The summed E-state index contributed by atoms with van der Waals surface area (Å²) in [5.74, 6) is 3.17. The predicted octanol–water partition coefficient (Wildman–Crippen LogP) is 7.46. The number of methoxy groups -OCH3 is 1. The number of rotatable bonds is 16. The molecule has 1 aliphatic rings. The number of carbonyl (C=O) groups excluding carboxylic acids is 1. The monoisotopic (exact) mass is 593 g/mol. The molecule has 2 heterocycles. The molecule has 0 saturated heterocycles. The number of ether oxygens (including phenoxy) is 3. The minimum atomic E-state index is -0.541. The summed E-state index contributed by atoms with van der Waals surface area (Å²) >= 11 is 1.62. The van der Waals surface area contributed by atoms with Crippen molar-refractivity contribution in [3.05, 3.63) is 59.3 Å². The second-order valence-corrected chi connectivity index (χ2v) is 11.2. The molecule has 226 valence electrons. The Balaban J connectivity index is 1.70. The number of unbranched alkanes of at least 4 members (excludes halogenated alkanes) is 4. The number of allylic oxidation sites excluding steroid dienone is 1. The maximum absolute atomic E-state index is 14.0. The zero-order valence-electron chi connectivity index (χ0n) is 25.4. The van der Waals surface area contributed by atoms with Gasteiger partial charge in [0.15, 0.2) is 11.5 Å². The van der Waals surface area contributed by atoms with Gasteiger partial charge in [-0.2, -0.15) is 4.98 Å². The summed E-state index contributed by atoms with van der Waals surface area (Å²) in [6.45, 7) is 9.29. The van der Waals surface area contributed by atoms with Gasteiger partial charge in [0.05, 0.1) is 31.6 Å². The molecule has 1 atom stereocenters. The quantitative estimate of drug-likeness (QED) is 0.130. The van der Waals surface area contributed by atoms with Crippen molar-refractivity contribution in [2.45, 2.75) is 77.4 Å². The van der Waals surface area contributed by atoms with E-state index in [0.717, 1.165) is 37.0 Å². The predicted molar refractivity (Wildman–Crippen MR) is 169 cm³/mol. The van der Waals surface area contributed by atoms with E-state index in [-0.39, 0.29) is 5.91 Å². The van der Waals surface area contributed by atoms with E-state index in [1.165, 1.54) is 12.8 Å². The smallest absolute Gasteiger partial charge is 0.255 e. The van der Waals surface area contributed by atoms with Gasteiger partial charge in [0, 0.05) is 11.4 Å². The number of fused-ring (bicyclic) bond motifs is 1. The molecule has 0 aliphatic carbocycles. The van der Waals surface area contributed by atoms with E-state index in [1.54, 1.807) is 23.6 Å². The molecule has 0 fully saturated rings. The zero-order chi connectivity index (χ0) is 29.9. The molecule has 9 nitrogen and oxygen atoms in total. The number of para-hydroxylation sites is 2. The number of thioether (sulfide) groups is 1. The second kappa shape index (κ2) is 15.5. The molecule has 0 bridgehead atoms. The van der Waals surface area contributed by atoms with Crippen molar-refractivity contribution in [3.8, 4) is 17.2 Å². The van der Waals surface area contributed by atoms with E-state index in [0.29, 0.717) is 58.5 Å². The Labute approximate surface area is 253 Å². The standard InChI is InChI=1S/C32H43N5O4S/c1-6-9-11-14-19-41-26-18-17-23(21-27(26)39-5)29-28(30(38)34-24-15-12-13-16-25(24)40-8-3)22(4)33-31-35-32(36-37(29)31)42-20-10-7-2/h12-13,15-18,21,29H,6-11,14,19-20H2,1-5H3,(H,34,38)(H,33,35,36). The fourth-order valence-corrected chi connectivity index (χ4v) is 5.74. The van der Waals surface area contributed by atoms with E-state index in [2.05, 4.69) is 24.5 Å². The summed E-state index contributed by atoms with van der Waals surface area (Å²) in [5.41, 5.74) is 2.67. The number of hydrogen-bond acceptors (Lipinski definition) is 8. The molecule has 0 radical (unpaired) electrons. The zero-order valence-corrected chi connectivity index (χ0v) is 26.2. The molecule has 1 unspecified atom stereocenters. The highest BCUT2D eigenvalue weighted by Gasteiger charge is 2.35. The molecule has 2 N–H and O–H groups in total. The number of nitrogens with one attached hydrogen (secondary N) is 2. The third kappa shape index (κ3) is 7.59. The van der Waals surface area contributed by atoms with E-state index in [9.17, 15) is 4.79 Å². The van der Waals surface area contributed by atoms with E-state index in [4.69, 9.17) is 24.3 Å². The molecule has 4 rings (SSSR count). The highest BCUT2D eigenvalue weighted by molar-refractivity contribution is 7.99. The first kappa shape index (κ1) is 31.3. The molecule has 10 heteroatoms. The first-order valence-corrected chi connectivity index (χ1v) is 15.9. The number of amides is 1. The number of hydrogen-bond donors (Lipinski definition) is 2. The lowest BCUT2D eigenvalue weighted by Crippen LogP contribution is -2.31. The summed E-state index contributed by atoms with van der Waals surface area (Å²) < 4.78 is 19.4. The normalized spacial score (nSPS) is 14.3. The van der Waals surface area contributed by atoms with Crippen LogP contribution in [0.25, 0.3) is 0 Å². The van der Waals surface area contributed by atoms with Gasteiger partial charge in [-0.15, -0.1) is 5.10 Å². The van der Waals surface area contributed by atoms with Crippen LogP contribution in [0.2, 0.25) is 0 Å². The van der Waals surface area contributed by atoms with Gasteiger partial charge < -0.3 is 24.8 Å². The lowest BCUT2D eigenvalue weighted by atomic mass is 9.94. The van der Waals surface area contributed by atoms with Crippen molar-refractivity contribution in [1.82, 2.24) is 14.8 Å². The maximum Gasteiger partial charge on any atom is 0.255 e. The summed E-state index contributed by atoms with van der Waals surface area (Å²) in [6.07, 6.45) is 6.67. The third-order valence-electron chi connectivity index (χ3n) is 7.00. The van der Waals surface area contributed by atoms with Crippen LogP contribution in [0.3, 0.4) is 0 Å². The van der Waals surface area contributed by atoms with Gasteiger partial charge in [-0.25, -0.2) is 4.68 Å². The van der Waals surface area contributed by atoms with Crippen molar-refractivity contribution in [1.29, 1.82) is 0 Å². The lowest BCUT2D eigenvalue weighted by molar-refractivity contribution is -0.113. The van der Waals surface area contributed by atoms with Crippen LogP contribution in [0.5, 0.6) is 17.2 Å². The Morgan fingerprint density at radius 1 is 1.00 bits per heavy atom. The van der Waals surface area contributed by atoms with Gasteiger partial charge in [-0.1, -0.05) is 69.5 Å². The third-order valence-corrected chi connectivity index (χ3v) is 7.92. The van der Waals surface area contributed by atoms with Crippen LogP contribution in [-0.2, 0) is 4.79 Å². The van der Waals surface area contributed by atoms with E-state index in [1.807, 2.05) is 56.3 Å². The molecule has 2 aromatic carbocycles. The van der Waals surface area contributed by atoms with Gasteiger partial charge in [0.1, 0.15) is 11.8 Å². The maximum atomic E-state index is 14.0. The average Bonchev–Trinajstić information content (AvgIpc) is 3.39. The molecule has 3 aromatic rings. The highest BCUT2D eigenvalue weighted by atomic mass is 32.2. The minimum Gasteiger partial charge on any atom is -0.493 e. The number of carbonyl (C=O) groups is 1. The van der Waals surface area contributed by atoms with Crippen molar-refractivity contribution >= 4 is 29.3 Å². The first-order chi connectivity index (χ1) is 20.5. The van der Waals surface area contributed by atoms with Gasteiger partial charge in [0.2, 0.25) is 11.1 Å². The van der Waals surface area contributed by atoms with Crippen LogP contribution in [-0.4, -0.2) is 46.7 Å². The molecular formula is C32H43N5O4S. The summed E-state index contributed by atoms with van der Waals surface area (Å²) in [5, 5.41) is 11.9. The molecule has 1 amide bonds. The van der Waals surface area contributed by atoms with Gasteiger partial charge >= 0.3 is 0 Å². The number of aromatic nitrogens is 3. The molecular weight excluding hydrogens is 550 g/mol. The summed E-state index contributed by atoms with van der Waals surface area (Å²) in [4.78, 5) is 18.8. The largest absolute Gasteiger partial charge is 0.493 e. The van der Waals surface area contributed by atoms with Gasteiger partial charge in [0.25, 0.3) is 5.91 Å². The highest BCUT2D eigenvalue weighted by Crippen LogP contribution is 2.40. The van der Waals surface area contributed by atoms with Crippen LogP contribution in [0.1, 0.15) is 77.8 Å². The number of anilines is 2. The number of benzene rings is 2. The van der Waals surface area contributed by atoms with Crippen molar-refractivity contribution in [2.24, 2.45) is 0 Å². The fourth-order valence-electron chi connectivity index (χ4n) is 4.83. The average molecular weight is 594 g/mol. The summed E-state index contributed by atoms with van der Waals surface area (Å²) in [7, 11) is 1.63. The second-order valence-electron chi connectivity index (χ2n) is 10.1. The molecule has 0 spiro atoms. The SMILES string of the molecule is CCCCCCOc1ccc(C2C(C(=O)Nc3ccccc3OCC)=C(C)Nc3nc(SCCCC)nn32)cc1OC. The van der Waals surface area contributed by atoms with E-state index < -0.39 is 6.04 Å². The van der Waals surface area contributed by atoms with Crippen LogP contribution in [0, 0.1) is 0 Å². The minimum absolute atomic E-state index is 0.256. The van der Waals surface area contributed by atoms with Crippen LogP contribution in [0.4, 0.5) is 11.6 Å². The van der Waals surface area contributed by atoms with Crippen molar-refractivity contribution in [3.63, 3.8) is 0 Å².